The number of carbonyl (C=O) groups is 1. The summed E-state index contributed by atoms with van der Waals surface area (Å²) in [6.07, 6.45) is 0.615. The zero-order valence-corrected chi connectivity index (χ0v) is 12.7. The standard InChI is InChI=1S/C15H16Cl2O4/c16-10-2-1-7(3-11(10)17)6-21-12-4-8-13(9(12)5-18)14(8)15(19)20/h1-3,8-9,12-14,18H,4-6H2,(H,19,20). The molecule has 0 amide bonds. The minimum atomic E-state index is -0.758. The van der Waals surface area contributed by atoms with Gasteiger partial charge in [0.05, 0.1) is 28.7 Å². The zero-order valence-electron chi connectivity index (χ0n) is 11.2. The van der Waals surface area contributed by atoms with Crippen molar-refractivity contribution in [3.63, 3.8) is 0 Å². The average molecular weight is 331 g/mol. The van der Waals surface area contributed by atoms with Crippen LogP contribution >= 0.6 is 23.2 Å². The van der Waals surface area contributed by atoms with E-state index in [4.69, 9.17) is 33.0 Å². The quantitative estimate of drug-likeness (QED) is 0.871. The van der Waals surface area contributed by atoms with Crippen LogP contribution in [0, 0.1) is 23.7 Å². The van der Waals surface area contributed by atoms with Crippen LogP contribution in [0.2, 0.25) is 10.0 Å². The van der Waals surface area contributed by atoms with Crippen LogP contribution in [-0.2, 0) is 16.1 Å². The molecule has 21 heavy (non-hydrogen) atoms. The number of carboxylic acids is 1. The van der Waals surface area contributed by atoms with Gasteiger partial charge in [0.1, 0.15) is 0 Å². The predicted molar refractivity (Wildman–Crippen MR) is 78.3 cm³/mol. The molecule has 0 radical (unpaired) electrons. The molecule has 2 aliphatic rings. The second kappa shape index (κ2) is 5.76. The van der Waals surface area contributed by atoms with Crippen LogP contribution in [0.25, 0.3) is 0 Å². The van der Waals surface area contributed by atoms with Crippen molar-refractivity contribution in [1.82, 2.24) is 0 Å². The van der Waals surface area contributed by atoms with Gasteiger partial charge in [-0.15, -0.1) is 0 Å². The fraction of sp³-hybridized carbons (Fsp3) is 0.533. The molecule has 3 rings (SSSR count). The Balaban J connectivity index is 1.59. The summed E-state index contributed by atoms with van der Waals surface area (Å²) >= 11 is 11.8. The highest BCUT2D eigenvalue weighted by Gasteiger charge is 2.65. The number of benzene rings is 1. The van der Waals surface area contributed by atoms with Gasteiger partial charge in [-0.1, -0.05) is 29.3 Å². The van der Waals surface area contributed by atoms with E-state index >= 15 is 0 Å². The van der Waals surface area contributed by atoms with Gasteiger partial charge in [0.25, 0.3) is 0 Å². The van der Waals surface area contributed by atoms with E-state index in [9.17, 15) is 9.90 Å². The van der Waals surface area contributed by atoms with Crippen molar-refractivity contribution in [1.29, 1.82) is 0 Å². The molecule has 0 heterocycles. The third-order valence-electron chi connectivity index (χ3n) is 4.65. The highest BCUT2D eigenvalue weighted by atomic mass is 35.5. The number of aliphatic hydroxyl groups is 1. The molecule has 114 valence electrons. The summed E-state index contributed by atoms with van der Waals surface area (Å²) in [5.74, 6) is -0.929. The molecule has 0 spiro atoms. The van der Waals surface area contributed by atoms with Crippen molar-refractivity contribution in [2.75, 3.05) is 6.61 Å². The highest BCUT2D eigenvalue weighted by molar-refractivity contribution is 6.42. The maximum Gasteiger partial charge on any atom is 0.307 e. The highest BCUT2D eigenvalue weighted by Crippen LogP contribution is 2.61. The molecule has 2 N–H and O–H groups in total. The third kappa shape index (κ3) is 2.78. The topological polar surface area (TPSA) is 66.8 Å². The summed E-state index contributed by atoms with van der Waals surface area (Å²) in [6.45, 7) is 0.353. The first-order chi connectivity index (χ1) is 10.0. The molecule has 4 nitrogen and oxygen atoms in total. The smallest absolute Gasteiger partial charge is 0.307 e. The molecule has 2 fully saturated rings. The van der Waals surface area contributed by atoms with Crippen LogP contribution in [-0.4, -0.2) is 28.9 Å². The van der Waals surface area contributed by atoms with E-state index in [0.29, 0.717) is 23.1 Å². The van der Waals surface area contributed by atoms with E-state index in [1.807, 2.05) is 6.07 Å². The SMILES string of the molecule is O=C(O)C1C2CC(OCc3ccc(Cl)c(Cl)c3)C(CO)C21. The molecule has 1 aromatic rings. The van der Waals surface area contributed by atoms with Gasteiger partial charge >= 0.3 is 5.97 Å². The van der Waals surface area contributed by atoms with Crippen LogP contribution in [0.4, 0.5) is 0 Å². The van der Waals surface area contributed by atoms with Crippen molar-refractivity contribution in [3.8, 4) is 0 Å². The predicted octanol–water partition coefficient (Wildman–Crippen LogP) is 2.84. The van der Waals surface area contributed by atoms with Gasteiger partial charge < -0.3 is 14.9 Å². The Bertz CT molecular complexity index is 563. The van der Waals surface area contributed by atoms with Crippen LogP contribution in [0.5, 0.6) is 0 Å². The maximum absolute atomic E-state index is 11.0. The first kappa shape index (κ1) is 15.1. The molecule has 5 atom stereocenters. The van der Waals surface area contributed by atoms with E-state index < -0.39 is 5.97 Å². The third-order valence-corrected chi connectivity index (χ3v) is 5.39. The van der Waals surface area contributed by atoms with Crippen LogP contribution in [0.1, 0.15) is 12.0 Å². The summed E-state index contributed by atoms with van der Waals surface area (Å²) < 4.78 is 5.86. The van der Waals surface area contributed by atoms with E-state index in [-0.39, 0.29) is 36.4 Å². The molecule has 0 aromatic heterocycles. The Morgan fingerprint density at radius 2 is 2.10 bits per heavy atom. The molecular weight excluding hydrogens is 315 g/mol. The van der Waals surface area contributed by atoms with Crippen molar-refractivity contribution in [2.45, 2.75) is 19.1 Å². The van der Waals surface area contributed by atoms with Gasteiger partial charge in [-0.2, -0.15) is 0 Å². The summed E-state index contributed by atoms with van der Waals surface area (Å²) in [7, 11) is 0. The minimum Gasteiger partial charge on any atom is -0.481 e. The monoisotopic (exact) mass is 330 g/mol. The van der Waals surface area contributed by atoms with Gasteiger partial charge in [-0.25, -0.2) is 0 Å². The lowest BCUT2D eigenvalue weighted by Crippen LogP contribution is -2.27. The van der Waals surface area contributed by atoms with E-state index in [2.05, 4.69) is 0 Å². The maximum atomic E-state index is 11.0. The van der Waals surface area contributed by atoms with Gasteiger partial charge in [0, 0.05) is 12.5 Å². The summed E-state index contributed by atoms with van der Waals surface area (Å²) in [4.78, 5) is 11.0. The minimum absolute atomic E-state index is 0.0308. The number of aliphatic hydroxyl groups excluding tert-OH is 1. The number of rotatable bonds is 5. The van der Waals surface area contributed by atoms with E-state index in [1.165, 1.54) is 0 Å². The number of aliphatic carboxylic acids is 1. The van der Waals surface area contributed by atoms with Crippen LogP contribution < -0.4 is 0 Å². The molecule has 0 aliphatic heterocycles. The Morgan fingerprint density at radius 3 is 2.71 bits per heavy atom. The number of hydrogen-bond acceptors (Lipinski definition) is 3. The fourth-order valence-electron chi connectivity index (χ4n) is 3.59. The van der Waals surface area contributed by atoms with Crippen molar-refractivity contribution in [2.24, 2.45) is 23.7 Å². The zero-order chi connectivity index (χ0) is 15.1. The number of fused-ring (bicyclic) bond motifs is 1. The normalized spacial score (nSPS) is 33.8. The van der Waals surface area contributed by atoms with Crippen molar-refractivity contribution < 1.29 is 19.7 Å². The van der Waals surface area contributed by atoms with Gasteiger partial charge in [-0.05, 0) is 36.0 Å². The summed E-state index contributed by atoms with van der Waals surface area (Å²) in [5.41, 5.74) is 0.913. The number of ether oxygens (including phenoxy) is 1. The lowest BCUT2D eigenvalue weighted by Gasteiger charge is -2.22. The average Bonchev–Trinajstić information content (AvgIpc) is 3.04. The summed E-state index contributed by atoms with van der Waals surface area (Å²) in [5, 5.41) is 19.6. The molecule has 6 heteroatoms. The number of carboxylic acid groups (broad SMARTS) is 1. The molecule has 2 aliphatic carbocycles. The lowest BCUT2D eigenvalue weighted by molar-refractivity contribution is -0.140. The van der Waals surface area contributed by atoms with Gasteiger partial charge in [0.2, 0.25) is 0 Å². The summed E-state index contributed by atoms with van der Waals surface area (Å²) in [6, 6.07) is 5.32. The van der Waals surface area contributed by atoms with Crippen LogP contribution in [0.3, 0.4) is 0 Å². The van der Waals surface area contributed by atoms with Gasteiger partial charge in [-0.3, -0.25) is 4.79 Å². The molecule has 1 aromatic carbocycles. The van der Waals surface area contributed by atoms with E-state index in [1.54, 1.807) is 12.1 Å². The Kier molecular flexibility index (Phi) is 4.14. The Labute approximate surface area is 132 Å². The van der Waals surface area contributed by atoms with E-state index in [0.717, 1.165) is 5.56 Å². The fourth-order valence-corrected chi connectivity index (χ4v) is 3.91. The Morgan fingerprint density at radius 1 is 1.33 bits per heavy atom. The second-order valence-corrected chi connectivity index (χ2v) is 6.60. The first-order valence-electron chi connectivity index (χ1n) is 6.92. The molecular formula is C15H16Cl2O4. The number of hydrogen-bond donors (Lipinski definition) is 2. The Hall–Kier alpha value is -0.810. The molecule has 0 saturated heterocycles. The van der Waals surface area contributed by atoms with Crippen molar-refractivity contribution >= 4 is 29.2 Å². The molecule has 5 unspecified atom stereocenters. The molecule has 0 bridgehead atoms. The second-order valence-electron chi connectivity index (χ2n) is 5.79. The van der Waals surface area contributed by atoms with Crippen molar-refractivity contribution in [3.05, 3.63) is 33.8 Å². The first-order valence-corrected chi connectivity index (χ1v) is 7.67. The number of halogens is 2. The van der Waals surface area contributed by atoms with Crippen LogP contribution in [0.15, 0.2) is 18.2 Å². The largest absolute Gasteiger partial charge is 0.481 e. The molecule has 2 saturated carbocycles. The lowest BCUT2D eigenvalue weighted by atomic mass is 9.98. The van der Waals surface area contributed by atoms with Gasteiger partial charge in [0.15, 0.2) is 0 Å².